The van der Waals surface area contributed by atoms with Crippen molar-refractivity contribution in [3.8, 4) is 5.75 Å². The van der Waals surface area contributed by atoms with Gasteiger partial charge >= 0.3 is 0 Å². The fourth-order valence-electron chi connectivity index (χ4n) is 3.35. The van der Waals surface area contributed by atoms with Crippen LogP contribution in [0, 0.1) is 11.7 Å². The standard InChI is InChI=1S/C17H22FNO/c1-2-19-15-11-17(12-6-4-3-5-7-12)20-16-9-8-13(18)10-14(15)16/h3-4,8-10,12,15,17,19H,2,5-7,11H2,1H3. The van der Waals surface area contributed by atoms with Crippen molar-refractivity contribution in [2.75, 3.05) is 6.54 Å². The van der Waals surface area contributed by atoms with Crippen molar-refractivity contribution < 1.29 is 9.13 Å². The lowest BCUT2D eigenvalue weighted by atomic mass is 9.83. The molecule has 3 heteroatoms. The first-order valence-electron chi connectivity index (χ1n) is 7.62. The summed E-state index contributed by atoms with van der Waals surface area (Å²) in [6.45, 7) is 2.98. The van der Waals surface area contributed by atoms with Gasteiger partial charge < -0.3 is 10.1 Å². The van der Waals surface area contributed by atoms with E-state index in [0.717, 1.165) is 37.1 Å². The SMILES string of the molecule is CCNC1CC(C2CC=CCC2)Oc2ccc(F)cc21. The highest BCUT2D eigenvalue weighted by Gasteiger charge is 2.33. The molecule has 0 fully saturated rings. The van der Waals surface area contributed by atoms with Crippen LogP contribution in [0.15, 0.2) is 30.4 Å². The molecule has 3 unspecified atom stereocenters. The molecule has 0 aromatic heterocycles. The van der Waals surface area contributed by atoms with Gasteiger partial charge in [-0.1, -0.05) is 19.1 Å². The van der Waals surface area contributed by atoms with Crippen LogP contribution < -0.4 is 10.1 Å². The van der Waals surface area contributed by atoms with Gasteiger partial charge in [-0.3, -0.25) is 0 Å². The Labute approximate surface area is 120 Å². The highest BCUT2D eigenvalue weighted by atomic mass is 19.1. The van der Waals surface area contributed by atoms with Crippen molar-refractivity contribution in [2.45, 2.75) is 44.8 Å². The largest absolute Gasteiger partial charge is 0.490 e. The van der Waals surface area contributed by atoms with Gasteiger partial charge in [0.15, 0.2) is 0 Å². The Kier molecular flexibility index (Phi) is 4.06. The number of halogens is 1. The van der Waals surface area contributed by atoms with E-state index in [1.807, 2.05) is 0 Å². The first-order valence-corrected chi connectivity index (χ1v) is 7.62. The molecule has 2 nitrogen and oxygen atoms in total. The van der Waals surface area contributed by atoms with E-state index in [1.165, 1.54) is 12.5 Å². The summed E-state index contributed by atoms with van der Waals surface area (Å²) in [7, 11) is 0. The zero-order valence-electron chi connectivity index (χ0n) is 11.9. The lowest BCUT2D eigenvalue weighted by molar-refractivity contribution is 0.0874. The maximum absolute atomic E-state index is 13.5. The molecule has 3 rings (SSSR count). The first kappa shape index (κ1) is 13.6. The van der Waals surface area contributed by atoms with Crippen LogP contribution in [0.2, 0.25) is 0 Å². The summed E-state index contributed by atoms with van der Waals surface area (Å²) in [5.74, 6) is 1.25. The minimum absolute atomic E-state index is 0.186. The van der Waals surface area contributed by atoms with Crippen LogP contribution in [0.25, 0.3) is 0 Å². The zero-order valence-corrected chi connectivity index (χ0v) is 11.9. The van der Waals surface area contributed by atoms with Crippen LogP contribution in [0.3, 0.4) is 0 Å². The van der Waals surface area contributed by atoms with Crippen LogP contribution in [0.1, 0.15) is 44.2 Å². The molecular weight excluding hydrogens is 253 g/mol. The number of benzene rings is 1. The van der Waals surface area contributed by atoms with Gasteiger partial charge in [0.1, 0.15) is 17.7 Å². The van der Waals surface area contributed by atoms with E-state index >= 15 is 0 Å². The number of hydrogen-bond donors (Lipinski definition) is 1. The maximum Gasteiger partial charge on any atom is 0.124 e. The molecule has 0 spiro atoms. The van der Waals surface area contributed by atoms with E-state index in [2.05, 4.69) is 24.4 Å². The average Bonchev–Trinajstić information content (AvgIpc) is 2.49. The summed E-state index contributed by atoms with van der Waals surface area (Å²) in [6.07, 6.45) is 9.12. The smallest absolute Gasteiger partial charge is 0.124 e. The molecule has 3 atom stereocenters. The number of rotatable bonds is 3. The quantitative estimate of drug-likeness (QED) is 0.842. The molecule has 1 heterocycles. The molecule has 1 N–H and O–H groups in total. The van der Waals surface area contributed by atoms with Crippen molar-refractivity contribution in [3.05, 3.63) is 41.7 Å². The number of allylic oxidation sites excluding steroid dienone is 2. The normalized spacial score (nSPS) is 28.8. The average molecular weight is 275 g/mol. The van der Waals surface area contributed by atoms with Crippen LogP contribution >= 0.6 is 0 Å². The molecule has 0 radical (unpaired) electrons. The molecule has 1 aromatic carbocycles. The van der Waals surface area contributed by atoms with Crippen LogP contribution in [-0.2, 0) is 0 Å². The van der Waals surface area contributed by atoms with Crippen LogP contribution in [0.5, 0.6) is 5.75 Å². The molecule has 0 saturated heterocycles. The molecule has 0 saturated carbocycles. The molecule has 0 bridgehead atoms. The number of hydrogen-bond acceptors (Lipinski definition) is 2. The molecule has 0 amide bonds. The van der Waals surface area contributed by atoms with Crippen molar-refractivity contribution in [1.29, 1.82) is 0 Å². The molecule has 20 heavy (non-hydrogen) atoms. The molecular formula is C17H22FNO. The van der Waals surface area contributed by atoms with Gasteiger partial charge in [-0.15, -0.1) is 0 Å². The van der Waals surface area contributed by atoms with E-state index < -0.39 is 0 Å². The van der Waals surface area contributed by atoms with Gasteiger partial charge in [-0.25, -0.2) is 4.39 Å². The summed E-state index contributed by atoms with van der Waals surface area (Å²) in [5, 5.41) is 3.47. The molecule has 1 aromatic rings. The first-order chi connectivity index (χ1) is 9.78. The van der Waals surface area contributed by atoms with Gasteiger partial charge in [0.2, 0.25) is 0 Å². The van der Waals surface area contributed by atoms with Gasteiger partial charge in [0.05, 0.1) is 0 Å². The molecule has 2 aliphatic rings. The summed E-state index contributed by atoms with van der Waals surface area (Å²) in [4.78, 5) is 0. The predicted molar refractivity (Wildman–Crippen MR) is 78.3 cm³/mol. The minimum Gasteiger partial charge on any atom is -0.490 e. The highest BCUT2D eigenvalue weighted by Crippen LogP contribution is 2.39. The Morgan fingerprint density at radius 1 is 1.35 bits per heavy atom. The van der Waals surface area contributed by atoms with Gasteiger partial charge in [0.25, 0.3) is 0 Å². The van der Waals surface area contributed by atoms with E-state index in [4.69, 9.17) is 4.74 Å². The van der Waals surface area contributed by atoms with Gasteiger partial charge in [-0.2, -0.15) is 0 Å². The third-order valence-electron chi connectivity index (χ3n) is 4.38. The summed E-state index contributed by atoms with van der Waals surface area (Å²) in [6, 6.07) is 5.08. The third-order valence-corrected chi connectivity index (χ3v) is 4.38. The van der Waals surface area contributed by atoms with E-state index in [9.17, 15) is 4.39 Å². The van der Waals surface area contributed by atoms with E-state index in [1.54, 1.807) is 12.1 Å². The van der Waals surface area contributed by atoms with Crippen LogP contribution in [-0.4, -0.2) is 12.6 Å². The van der Waals surface area contributed by atoms with E-state index in [0.29, 0.717) is 5.92 Å². The second kappa shape index (κ2) is 5.96. The van der Waals surface area contributed by atoms with Gasteiger partial charge in [-0.05, 0) is 49.9 Å². The fraction of sp³-hybridized carbons (Fsp3) is 0.529. The Morgan fingerprint density at radius 2 is 2.25 bits per heavy atom. The topological polar surface area (TPSA) is 21.3 Å². The van der Waals surface area contributed by atoms with Crippen molar-refractivity contribution in [2.24, 2.45) is 5.92 Å². The number of fused-ring (bicyclic) bond motifs is 1. The maximum atomic E-state index is 13.5. The monoisotopic (exact) mass is 275 g/mol. The second-order valence-corrected chi connectivity index (χ2v) is 5.73. The summed E-state index contributed by atoms with van der Waals surface area (Å²) in [5.41, 5.74) is 0.967. The zero-order chi connectivity index (χ0) is 13.9. The minimum atomic E-state index is -0.186. The van der Waals surface area contributed by atoms with Crippen molar-refractivity contribution >= 4 is 0 Å². The predicted octanol–water partition coefficient (Wildman–Crippen LogP) is 3.98. The molecule has 108 valence electrons. The Balaban J connectivity index is 1.84. The third kappa shape index (κ3) is 2.73. The Bertz CT molecular complexity index is 500. The summed E-state index contributed by atoms with van der Waals surface area (Å²) < 4.78 is 19.6. The lowest BCUT2D eigenvalue weighted by Gasteiger charge is -2.37. The van der Waals surface area contributed by atoms with Crippen molar-refractivity contribution in [3.63, 3.8) is 0 Å². The Morgan fingerprint density at radius 3 is 3.00 bits per heavy atom. The van der Waals surface area contributed by atoms with Gasteiger partial charge in [0, 0.05) is 18.0 Å². The molecule has 1 aliphatic heterocycles. The number of ether oxygens (including phenoxy) is 1. The van der Waals surface area contributed by atoms with Crippen molar-refractivity contribution in [1.82, 2.24) is 5.32 Å². The second-order valence-electron chi connectivity index (χ2n) is 5.73. The number of nitrogens with one attached hydrogen (secondary N) is 1. The van der Waals surface area contributed by atoms with Crippen LogP contribution in [0.4, 0.5) is 4.39 Å². The fourth-order valence-corrected chi connectivity index (χ4v) is 3.35. The molecule has 1 aliphatic carbocycles. The van der Waals surface area contributed by atoms with E-state index in [-0.39, 0.29) is 18.0 Å². The Hall–Kier alpha value is -1.35. The lowest BCUT2D eigenvalue weighted by Crippen LogP contribution is -2.37. The highest BCUT2D eigenvalue weighted by molar-refractivity contribution is 5.38. The summed E-state index contributed by atoms with van der Waals surface area (Å²) >= 11 is 0.